The highest BCUT2D eigenvalue weighted by Crippen LogP contribution is 2.35. The van der Waals surface area contributed by atoms with E-state index in [-0.39, 0.29) is 18.5 Å². The first-order valence-electron chi connectivity index (χ1n) is 18.2. The number of aliphatic hydroxyl groups excluding tert-OH is 1. The molecule has 2 N–H and O–H groups in total. The van der Waals surface area contributed by atoms with Crippen LogP contribution in [0.1, 0.15) is 79.6 Å². The molecular formula is C41H46ClN7O4. The summed E-state index contributed by atoms with van der Waals surface area (Å²) < 4.78 is 8.68. The molecule has 2 aromatic carbocycles. The Kier molecular flexibility index (Phi) is 10.3. The van der Waals surface area contributed by atoms with E-state index in [2.05, 4.69) is 20.2 Å². The number of amides is 1. The van der Waals surface area contributed by atoms with Crippen LogP contribution in [0.3, 0.4) is 0 Å². The van der Waals surface area contributed by atoms with E-state index in [0.717, 1.165) is 87.8 Å². The molecule has 0 spiro atoms. The van der Waals surface area contributed by atoms with E-state index < -0.39 is 11.5 Å². The maximum atomic E-state index is 13.9. The number of imidazole rings is 1. The lowest BCUT2D eigenvalue weighted by Gasteiger charge is -2.38. The molecule has 2 aliphatic rings. The molecule has 276 valence electrons. The first-order chi connectivity index (χ1) is 25.4. The molecule has 1 aliphatic carbocycles. The van der Waals surface area contributed by atoms with Crippen molar-refractivity contribution in [1.29, 1.82) is 0 Å². The standard InChI is InChI=1S/C41H46ClN7O4/c1-25-32(10-7-11-33(25)45-37-36-29(16-18-43-37)20-26(24-50)22-44-36)28-8-6-9-31(21-28)49(42)39(51)38-46-34-23-48(19-17-35(34)47(38)5)30-14-12-27(13-15-30)40(52)53-41(2,3)4/h6-11,16,18,20-22,27,30,50H,12-15,17,19,23-24H2,1-5H3,(H,43,45). The van der Waals surface area contributed by atoms with Crippen LogP contribution in [-0.2, 0) is 36.2 Å². The largest absolute Gasteiger partial charge is 0.460 e. The average molecular weight is 736 g/mol. The molecule has 0 atom stereocenters. The van der Waals surface area contributed by atoms with Gasteiger partial charge < -0.3 is 19.7 Å². The Bertz CT molecular complexity index is 2170. The first-order valence-corrected chi connectivity index (χ1v) is 18.6. The molecular weight excluding hydrogens is 690 g/mol. The SMILES string of the molecule is Cc1c(Nc2nccc3cc(CO)cnc23)cccc1-c1cccc(N(Cl)C(=O)c2nc3c(n2C)CCN(C2CCC(C(=O)OC(C)(C)C)CC2)C3)c1. The summed E-state index contributed by atoms with van der Waals surface area (Å²) >= 11 is 6.81. The molecule has 7 rings (SSSR count). The number of pyridine rings is 2. The van der Waals surface area contributed by atoms with Crippen molar-refractivity contribution in [2.75, 3.05) is 16.3 Å². The summed E-state index contributed by atoms with van der Waals surface area (Å²) in [6.45, 7) is 9.22. The molecule has 0 radical (unpaired) electrons. The van der Waals surface area contributed by atoms with Crippen LogP contribution in [0.15, 0.2) is 67.0 Å². The minimum Gasteiger partial charge on any atom is -0.460 e. The molecule has 1 saturated carbocycles. The lowest BCUT2D eigenvalue weighted by Crippen LogP contribution is -2.42. The number of hydrogen-bond acceptors (Lipinski definition) is 9. The van der Waals surface area contributed by atoms with Gasteiger partial charge in [-0.15, -0.1) is 0 Å². The van der Waals surface area contributed by atoms with E-state index in [0.29, 0.717) is 35.4 Å². The van der Waals surface area contributed by atoms with Crippen LogP contribution in [-0.4, -0.2) is 59.6 Å². The second-order valence-corrected chi connectivity index (χ2v) is 15.5. The third-order valence-corrected chi connectivity index (χ3v) is 10.8. The number of rotatable bonds is 8. The topological polar surface area (TPSA) is 126 Å². The van der Waals surface area contributed by atoms with Crippen LogP contribution < -0.4 is 9.74 Å². The zero-order valence-corrected chi connectivity index (χ0v) is 31.7. The maximum Gasteiger partial charge on any atom is 0.309 e. The third kappa shape index (κ3) is 7.65. The van der Waals surface area contributed by atoms with Crippen LogP contribution in [0.25, 0.3) is 22.0 Å². The van der Waals surface area contributed by atoms with Crippen molar-refractivity contribution in [3.8, 4) is 11.1 Å². The van der Waals surface area contributed by atoms with E-state index in [1.54, 1.807) is 12.4 Å². The zero-order chi connectivity index (χ0) is 37.4. The number of hydrogen-bond donors (Lipinski definition) is 2. The van der Waals surface area contributed by atoms with Crippen molar-refractivity contribution in [3.05, 3.63) is 95.3 Å². The van der Waals surface area contributed by atoms with Gasteiger partial charge in [-0.3, -0.25) is 19.5 Å². The number of halogens is 1. The number of ether oxygens (including phenoxy) is 1. The van der Waals surface area contributed by atoms with Gasteiger partial charge in [-0.2, -0.15) is 0 Å². The second-order valence-electron chi connectivity index (χ2n) is 15.1. The Morgan fingerprint density at radius 1 is 1.06 bits per heavy atom. The summed E-state index contributed by atoms with van der Waals surface area (Å²) in [6.07, 6.45) is 7.67. The van der Waals surface area contributed by atoms with Crippen LogP contribution in [0.2, 0.25) is 0 Å². The summed E-state index contributed by atoms with van der Waals surface area (Å²) in [7, 11) is 1.88. The number of aliphatic hydroxyl groups is 1. The fraction of sp³-hybridized carbons (Fsp3) is 0.390. The first kappa shape index (κ1) is 36.5. The van der Waals surface area contributed by atoms with Gasteiger partial charge in [0.15, 0.2) is 5.82 Å². The smallest absolute Gasteiger partial charge is 0.309 e. The van der Waals surface area contributed by atoms with Crippen molar-refractivity contribution >= 4 is 51.7 Å². The molecule has 0 unspecified atom stereocenters. The number of carbonyl (C=O) groups excluding carboxylic acids is 2. The van der Waals surface area contributed by atoms with Crippen molar-refractivity contribution < 1.29 is 19.4 Å². The lowest BCUT2D eigenvalue weighted by atomic mass is 9.84. The van der Waals surface area contributed by atoms with E-state index in [4.69, 9.17) is 21.5 Å². The van der Waals surface area contributed by atoms with Gasteiger partial charge in [-0.1, -0.05) is 24.3 Å². The van der Waals surface area contributed by atoms with Gasteiger partial charge in [0.05, 0.1) is 23.9 Å². The van der Waals surface area contributed by atoms with Gasteiger partial charge in [-0.25, -0.2) is 14.4 Å². The van der Waals surface area contributed by atoms with Gasteiger partial charge in [0, 0.05) is 73.5 Å². The van der Waals surface area contributed by atoms with Crippen molar-refractivity contribution in [1.82, 2.24) is 24.4 Å². The molecule has 1 amide bonds. The van der Waals surface area contributed by atoms with Gasteiger partial charge in [0.2, 0.25) is 5.82 Å². The molecule has 12 heteroatoms. The molecule has 5 aromatic rings. The van der Waals surface area contributed by atoms with E-state index >= 15 is 0 Å². The molecule has 0 bridgehead atoms. The summed E-state index contributed by atoms with van der Waals surface area (Å²) in [6, 6.07) is 17.7. The van der Waals surface area contributed by atoms with E-state index in [9.17, 15) is 14.7 Å². The van der Waals surface area contributed by atoms with Crippen molar-refractivity contribution in [2.45, 2.75) is 84.6 Å². The molecule has 4 heterocycles. The predicted octanol–water partition coefficient (Wildman–Crippen LogP) is 7.63. The Balaban J connectivity index is 1.05. The Morgan fingerprint density at radius 3 is 2.58 bits per heavy atom. The summed E-state index contributed by atoms with van der Waals surface area (Å²) in [5.74, 6) is 0.388. The molecule has 0 saturated heterocycles. The van der Waals surface area contributed by atoms with Gasteiger partial charge in [0.25, 0.3) is 0 Å². The average Bonchev–Trinajstić information content (AvgIpc) is 3.49. The number of nitrogens with one attached hydrogen (secondary N) is 1. The monoisotopic (exact) mass is 735 g/mol. The normalized spacial score (nSPS) is 17.7. The Labute approximate surface area is 315 Å². The minimum atomic E-state index is -0.473. The molecule has 53 heavy (non-hydrogen) atoms. The van der Waals surface area contributed by atoms with Crippen LogP contribution in [0.5, 0.6) is 0 Å². The number of benzene rings is 2. The number of anilines is 3. The lowest BCUT2D eigenvalue weighted by molar-refractivity contribution is -0.161. The number of carbonyl (C=O) groups is 2. The van der Waals surface area contributed by atoms with Gasteiger partial charge in [-0.05, 0) is 106 Å². The van der Waals surface area contributed by atoms with Crippen molar-refractivity contribution in [2.24, 2.45) is 13.0 Å². The highest BCUT2D eigenvalue weighted by molar-refractivity contribution is 6.38. The van der Waals surface area contributed by atoms with Gasteiger partial charge >= 0.3 is 11.9 Å². The summed E-state index contributed by atoms with van der Waals surface area (Å²) in [4.78, 5) is 42.9. The summed E-state index contributed by atoms with van der Waals surface area (Å²) in [5, 5.41) is 13.9. The molecule has 11 nitrogen and oxygen atoms in total. The number of aromatic nitrogens is 4. The minimum absolute atomic E-state index is 0.0465. The van der Waals surface area contributed by atoms with Gasteiger partial charge in [0.1, 0.15) is 11.1 Å². The molecule has 1 aliphatic heterocycles. The van der Waals surface area contributed by atoms with Crippen LogP contribution >= 0.6 is 11.8 Å². The highest BCUT2D eigenvalue weighted by atomic mass is 35.5. The Morgan fingerprint density at radius 2 is 1.83 bits per heavy atom. The Hall–Kier alpha value is -4.84. The predicted molar refractivity (Wildman–Crippen MR) is 207 cm³/mol. The zero-order valence-electron chi connectivity index (χ0n) is 30.9. The van der Waals surface area contributed by atoms with Crippen LogP contribution in [0, 0.1) is 12.8 Å². The number of esters is 1. The number of fused-ring (bicyclic) bond motifs is 2. The fourth-order valence-electron chi connectivity index (χ4n) is 7.61. The molecule has 3 aromatic heterocycles. The second kappa shape index (κ2) is 14.9. The fourth-order valence-corrected chi connectivity index (χ4v) is 7.79. The maximum absolute atomic E-state index is 13.9. The number of nitrogens with zero attached hydrogens (tertiary/aromatic N) is 6. The quantitative estimate of drug-likeness (QED) is 0.122. The van der Waals surface area contributed by atoms with Crippen LogP contribution in [0.4, 0.5) is 17.2 Å². The van der Waals surface area contributed by atoms with E-state index in [1.807, 2.05) is 93.9 Å². The summed E-state index contributed by atoms with van der Waals surface area (Å²) in [5.41, 5.74) is 7.18. The highest BCUT2D eigenvalue weighted by Gasteiger charge is 2.35. The molecule has 1 fully saturated rings. The third-order valence-electron chi connectivity index (χ3n) is 10.4. The van der Waals surface area contributed by atoms with Crippen molar-refractivity contribution in [3.63, 3.8) is 0 Å². The van der Waals surface area contributed by atoms with E-state index in [1.165, 1.54) is 0 Å².